The van der Waals surface area contributed by atoms with Gasteiger partial charge in [-0.15, -0.1) is 11.8 Å². The van der Waals surface area contributed by atoms with Crippen molar-refractivity contribution < 1.29 is 0 Å². The fraction of sp³-hybridized carbons (Fsp3) is 0.846. The Hall–Kier alpha value is -0.440. The van der Waals surface area contributed by atoms with Crippen molar-refractivity contribution >= 4 is 0 Å². The van der Waals surface area contributed by atoms with Crippen molar-refractivity contribution in [3.63, 3.8) is 0 Å². The lowest BCUT2D eigenvalue weighted by Gasteiger charge is -2.02. The van der Waals surface area contributed by atoms with Crippen LogP contribution < -0.4 is 0 Å². The van der Waals surface area contributed by atoms with Crippen LogP contribution in [0.3, 0.4) is 0 Å². The standard InChI is InChI=1S/C13H20/c1-10(2)9-13-11-7-5-3-4-6-8-12(11)13/h10-13H,5-9H2,1-2H3. The topological polar surface area (TPSA) is 0 Å². The summed E-state index contributed by atoms with van der Waals surface area (Å²) in [7, 11) is 0. The molecule has 0 aromatic carbocycles. The molecule has 2 aliphatic rings. The van der Waals surface area contributed by atoms with E-state index in [1.54, 1.807) is 0 Å². The van der Waals surface area contributed by atoms with Crippen molar-refractivity contribution in [2.24, 2.45) is 23.7 Å². The van der Waals surface area contributed by atoms with Crippen LogP contribution in [0.4, 0.5) is 0 Å². The highest BCUT2D eigenvalue weighted by atomic mass is 14.5. The molecular formula is C13H20. The molecule has 2 atom stereocenters. The second-order valence-electron chi connectivity index (χ2n) is 5.05. The predicted molar refractivity (Wildman–Crippen MR) is 56.2 cm³/mol. The Bertz CT molecular complexity index is 210. The lowest BCUT2D eigenvalue weighted by molar-refractivity contribution is 0.494. The van der Waals surface area contributed by atoms with Gasteiger partial charge >= 0.3 is 0 Å². The summed E-state index contributed by atoms with van der Waals surface area (Å²) >= 11 is 0. The number of hydrogen-bond donors (Lipinski definition) is 0. The van der Waals surface area contributed by atoms with Gasteiger partial charge in [0.1, 0.15) is 0 Å². The molecule has 1 saturated carbocycles. The second kappa shape index (κ2) is 3.74. The van der Waals surface area contributed by atoms with Crippen molar-refractivity contribution in [2.45, 2.75) is 46.0 Å². The minimum atomic E-state index is 0.888. The molecule has 0 spiro atoms. The first-order chi connectivity index (χ1) is 6.29. The molecule has 0 heterocycles. The summed E-state index contributed by atoms with van der Waals surface area (Å²) in [6.07, 6.45) is 6.55. The third-order valence-corrected chi connectivity index (χ3v) is 3.58. The van der Waals surface area contributed by atoms with Gasteiger partial charge in [0.15, 0.2) is 0 Å². The molecule has 0 bridgehead atoms. The minimum absolute atomic E-state index is 0.888. The lowest BCUT2D eigenvalue weighted by atomic mass is 10.0. The zero-order chi connectivity index (χ0) is 9.26. The Morgan fingerprint density at radius 2 is 1.62 bits per heavy atom. The summed E-state index contributed by atoms with van der Waals surface area (Å²) in [4.78, 5) is 0. The molecule has 0 N–H and O–H groups in total. The molecule has 2 rings (SSSR count). The van der Waals surface area contributed by atoms with Crippen LogP contribution in [0.5, 0.6) is 0 Å². The first-order valence-corrected chi connectivity index (χ1v) is 5.74. The summed E-state index contributed by atoms with van der Waals surface area (Å²) < 4.78 is 0. The van der Waals surface area contributed by atoms with E-state index in [9.17, 15) is 0 Å². The third kappa shape index (κ3) is 2.08. The molecule has 72 valence electrons. The Morgan fingerprint density at radius 3 is 2.08 bits per heavy atom. The molecule has 0 nitrogen and oxygen atoms in total. The zero-order valence-electron chi connectivity index (χ0n) is 8.84. The molecular weight excluding hydrogens is 156 g/mol. The lowest BCUT2D eigenvalue weighted by Crippen LogP contribution is -1.91. The fourth-order valence-electron chi connectivity index (χ4n) is 2.93. The highest BCUT2D eigenvalue weighted by Gasteiger charge is 2.48. The van der Waals surface area contributed by atoms with Crippen LogP contribution in [0, 0.1) is 35.5 Å². The van der Waals surface area contributed by atoms with E-state index >= 15 is 0 Å². The highest BCUT2D eigenvalue weighted by molar-refractivity contribution is 5.07. The van der Waals surface area contributed by atoms with E-state index in [4.69, 9.17) is 0 Å². The molecule has 2 aliphatic carbocycles. The van der Waals surface area contributed by atoms with E-state index in [0.29, 0.717) is 0 Å². The van der Waals surface area contributed by atoms with E-state index in [0.717, 1.165) is 36.5 Å². The number of fused-ring (bicyclic) bond motifs is 1. The van der Waals surface area contributed by atoms with Crippen LogP contribution in [0.1, 0.15) is 46.0 Å². The average molecular weight is 176 g/mol. The summed E-state index contributed by atoms with van der Waals surface area (Å²) in [6, 6.07) is 0. The fourth-order valence-corrected chi connectivity index (χ4v) is 2.93. The first-order valence-electron chi connectivity index (χ1n) is 5.74. The van der Waals surface area contributed by atoms with Gasteiger partial charge in [0.05, 0.1) is 0 Å². The molecule has 0 saturated heterocycles. The molecule has 0 radical (unpaired) electrons. The molecule has 1 fully saturated rings. The van der Waals surface area contributed by atoms with Gasteiger partial charge in [-0.1, -0.05) is 13.8 Å². The van der Waals surface area contributed by atoms with Crippen LogP contribution in [0.15, 0.2) is 0 Å². The van der Waals surface area contributed by atoms with E-state index in [1.807, 2.05) is 0 Å². The second-order valence-corrected chi connectivity index (χ2v) is 5.05. The van der Waals surface area contributed by atoms with E-state index < -0.39 is 0 Å². The smallest absolute Gasteiger partial charge is 0.00915 e. The maximum atomic E-state index is 3.27. The summed E-state index contributed by atoms with van der Waals surface area (Å²) in [5.74, 6) is 10.6. The maximum absolute atomic E-state index is 3.27. The van der Waals surface area contributed by atoms with Crippen LogP contribution in [0.2, 0.25) is 0 Å². The van der Waals surface area contributed by atoms with Crippen molar-refractivity contribution in [3.8, 4) is 11.8 Å². The van der Waals surface area contributed by atoms with Gasteiger partial charge in [-0.3, -0.25) is 0 Å². The van der Waals surface area contributed by atoms with Gasteiger partial charge < -0.3 is 0 Å². The molecule has 0 aliphatic heterocycles. The van der Waals surface area contributed by atoms with Gasteiger partial charge in [-0.05, 0) is 42.9 Å². The Morgan fingerprint density at radius 1 is 1.08 bits per heavy atom. The van der Waals surface area contributed by atoms with Crippen molar-refractivity contribution in [2.75, 3.05) is 0 Å². The average Bonchev–Trinajstić information content (AvgIpc) is 2.58. The quantitative estimate of drug-likeness (QED) is 0.565. The molecule has 2 unspecified atom stereocenters. The number of hydrogen-bond acceptors (Lipinski definition) is 0. The van der Waals surface area contributed by atoms with Crippen LogP contribution in [-0.4, -0.2) is 0 Å². The Balaban J connectivity index is 1.86. The predicted octanol–water partition coefficient (Wildman–Crippen LogP) is 3.47. The van der Waals surface area contributed by atoms with Crippen LogP contribution in [-0.2, 0) is 0 Å². The van der Waals surface area contributed by atoms with Crippen LogP contribution in [0.25, 0.3) is 0 Å². The normalized spacial score (nSPS) is 37.0. The van der Waals surface area contributed by atoms with E-state index in [-0.39, 0.29) is 0 Å². The van der Waals surface area contributed by atoms with Gasteiger partial charge in [0.2, 0.25) is 0 Å². The van der Waals surface area contributed by atoms with E-state index in [1.165, 1.54) is 19.3 Å². The molecule has 0 amide bonds. The molecule has 0 aromatic heterocycles. The van der Waals surface area contributed by atoms with Gasteiger partial charge in [0, 0.05) is 12.8 Å². The van der Waals surface area contributed by atoms with Gasteiger partial charge in [-0.2, -0.15) is 0 Å². The molecule has 0 heteroatoms. The number of rotatable bonds is 2. The SMILES string of the molecule is CC(C)CC1C2CCC#CCCC21. The zero-order valence-corrected chi connectivity index (χ0v) is 8.84. The van der Waals surface area contributed by atoms with Crippen molar-refractivity contribution in [1.82, 2.24) is 0 Å². The minimum Gasteiger partial charge on any atom is -0.103 e. The van der Waals surface area contributed by atoms with Crippen molar-refractivity contribution in [3.05, 3.63) is 0 Å². The summed E-state index contributed by atoms with van der Waals surface area (Å²) in [5.41, 5.74) is 0. The molecule has 13 heavy (non-hydrogen) atoms. The van der Waals surface area contributed by atoms with E-state index in [2.05, 4.69) is 25.7 Å². The Labute approximate surface area is 82.1 Å². The third-order valence-electron chi connectivity index (χ3n) is 3.58. The van der Waals surface area contributed by atoms with Gasteiger partial charge in [-0.25, -0.2) is 0 Å². The van der Waals surface area contributed by atoms with Gasteiger partial charge in [0.25, 0.3) is 0 Å². The van der Waals surface area contributed by atoms with Crippen LogP contribution >= 0.6 is 0 Å². The summed E-state index contributed by atoms with van der Waals surface area (Å²) in [6.45, 7) is 4.70. The highest BCUT2D eigenvalue weighted by Crippen LogP contribution is 2.55. The summed E-state index contributed by atoms with van der Waals surface area (Å²) in [5, 5.41) is 0. The Kier molecular flexibility index (Phi) is 2.63. The first kappa shape index (κ1) is 9.13. The largest absolute Gasteiger partial charge is 0.103 e. The molecule has 0 aromatic rings. The maximum Gasteiger partial charge on any atom is 0.00915 e. The monoisotopic (exact) mass is 176 g/mol. The van der Waals surface area contributed by atoms with Crippen molar-refractivity contribution in [1.29, 1.82) is 0 Å².